The molecule has 2 fully saturated rings. The molecule has 1 amide bonds. The summed E-state index contributed by atoms with van der Waals surface area (Å²) in [6, 6.07) is 0.846. The quantitative estimate of drug-likeness (QED) is 0.743. The second-order valence-corrected chi connectivity index (χ2v) is 6.92. The van der Waals surface area contributed by atoms with E-state index in [0.717, 1.165) is 31.6 Å². The summed E-state index contributed by atoms with van der Waals surface area (Å²) in [5.74, 6) is 0.340. The van der Waals surface area contributed by atoms with Crippen molar-refractivity contribution in [1.82, 2.24) is 15.6 Å². The zero-order chi connectivity index (χ0) is 18.0. The Morgan fingerprint density at radius 3 is 2.67 bits per heavy atom. The zero-order valence-corrected chi connectivity index (χ0v) is 16.8. The number of anilines is 1. The number of hydrogen-bond donors (Lipinski definition) is 2. The summed E-state index contributed by atoms with van der Waals surface area (Å²) >= 11 is 5.99. The smallest absolute Gasteiger partial charge is 0.353 e. The van der Waals surface area contributed by atoms with Crippen molar-refractivity contribution in [2.24, 2.45) is 5.92 Å². The predicted octanol–water partition coefficient (Wildman–Crippen LogP) is 3.29. The summed E-state index contributed by atoms with van der Waals surface area (Å²) in [5.41, 5.74) is -0.866. The summed E-state index contributed by atoms with van der Waals surface area (Å²) in [6.07, 6.45) is -1.10. The fraction of sp³-hybridized carbons (Fsp3) is 0.625. The Morgan fingerprint density at radius 2 is 2.07 bits per heavy atom. The number of piperidine rings is 1. The third-order valence-corrected chi connectivity index (χ3v) is 4.93. The van der Waals surface area contributed by atoms with Crippen LogP contribution in [0.25, 0.3) is 0 Å². The van der Waals surface area contributed by atoms with Gasteiger partial charge >= 0.3 is 6.18 Å². The maximum atomic E-state index is 12.7. The molecule has 2 aliphatic heterocycles. The largest absolute Gasteiger partial charge is 0.417 e. The molecule has 2 aliphatic rings. The van der Waals surface area contributed by atoms with Crippen molar-refractivity contribution in [2.75, 3.05) is 31.1 Å². The number of rotatable bonds is 3. The van der Waals surface area contributed by atoms with E-state index in [1.807, 2.05) is 4.90 Å². The number of carbonyl (C=O) groups excluding carboxylic acids is 1. The molecule has 2 saturated heterocycles. The van der Waals surface area contributed by atoms with Crippen LogP contribution in [0.15, 0.2) is 12.3 Å². The molecule has 0 bridgehead atoms. The van der Waals surface area contributed by atoms with Crippen LogP contribution in [-0.4, -0.2) is 43.1 Å². The number of amides is 1. The van der Waals surface area contributed by atoms with Crippen molar-refractivity contribution in [3.63, 3.8) is 0 Å². The Balaban J connectivity index is 0.00000182. The van der Waals surface area contributed by atoms with Crippen molar-refractivity contribution in [1.29, 1.82) is 0 Å². The van der Waals surface area contributed by atoms with E-state index in [1.54, 1.807) is 0 Å². The highest BCUT2D eigenvalue weighted by atomic mass is 35.5. The molecule has 154 valence electrons. The van der Waals surface area contributed by atoms with Gasteiger partial charge in [-0.15, -0.1) is 24.8 Å². The number of nitrogens with one attached hydrogen (secondary N) is 2. The lowest BCUT2D eigenvalue weighted by Crippen LogP contribution is -2.45. The molecule has 1 aromatic rings. The summed E-state index contributed by atoms with van der Waals surface area (Å²) < 4.78 is 38.1. The monoisotopic (exact) mass is 448 g/mol. The van der Waals surface area contributed by atoms with E-state index < -0.39 is 11.7 Å². The molecule has 11 heteroatoms. The van der Waals surface area contributed by atoms with E-state index in [1.165, 1.54) is 0 Å². The molecule has 2 unspecified atom stereocenters. The SMILES string of the molecule is Cl.Cl.O=C(NC1CCN(c2ncc(C(F)(F)F)cc2Cl)C1)C1CCCNC1. The molecule has 0 aromatic carbocycles. The van der Waals surface area contributed by atoms with Gasteiger partial charge in [0, 0.05) is 31.9 Å². The van der Waals surface area contributed by atoms with Gasteiger partial charge in [-0.1, -0.05) is 11.6 Å². The zero-order valence-electron chi connectivity index (χ0n) is 14.4. The third kappa shape index (κ3) is 6.01. The van der Waals surface area contributed by atoms with Gasteiger partial charge in [0.05, 0.1) is 16.5 Å². The fourth-order valence-corrected chi connectivity index (χ4v) is 3.57. The third-order valence-electron chi connectivity index (χ3n) is 4.65. The minimum Gasteiger partial charge on any atom is -0.353 e. The Bertz CT molecular complexity index is 642. The molecule has 3 rings (SSSR count). The minimum absolute atomic E-state index is 0. The summed E-state index contributed by atoms with van der Waals surface area (Å²) in [6.45, 7) is 2.71. The maximum Gasteiger partial charge on any atom is 0.417 e. The first-order valence-corrected chi connectivity index (χ1v) is 8.71. The van der Waals surface area contributed by atoms with Gasteiger partial charge in [-0.3, -0.25) is 4.79 Å². The fourth-order valence-electron chi connectivity index (χ4n) is 3.28. The van der Waals surface area contributed by atoms with Crippen LogP contribution in [0.1, 0.15) is 24.8 Å². The highest BCUT2D eigenvalue weighted by molar-refractivity contribution is 6.33. The summed E-state index contributed by atoms with van der Waals surface area (Å²) in [5, 5.41) is 6.21. The molecule has 0 spiro atoms. The standard InChI is InChI=1S/C16H20ClF3N4O.2ClH/c17-13-6-11(16(18,19)20)8-22-14(13)24-5-3-12(9-24)23-15(25)10-2-1-4-21-7-10;;/h6,8,10,12,21H,1-5,7,9H2,(H,23,25);2*1H. The lowest BCUT2D eigenvalue weighted by molar-refractivity contribution is -0.137. The predicted molar refractivity (Wildman–Crippen MR) is 103 cm³/mol. The average molecular weight is 450 g/mol. The summed E-state index contributed by atoms with van der Waals surface area (Å²) in [4.78, 5) is 18.0. The number of hydrogen-bond acceptors (Lipinski definition) is 4. The van der Waals surface area contributed by atoms with Crippen LogP contribution in [0.4, 0.5) is 19.0 Å². The van der Waals surface area contributed by atoms with Gasteiger partial charge < -0.3 is 15.5 Å². The number of aromatic nitrogens is 1. The van der Waals surface area contributed by atoms with Crippen LogP contribution in [0.5, 0.6) is 0 Å². The Morgan fingerprint density at radius 1 is 1.33 bits per heavy atom. The molecule has 27 heavy (non-hydrogen) atoms. The van der Waals surface area contributed by atoms with Gasteiger partial charge in [-0.05, 0) is 31.9 Å². The van der Waals surface area contributed by atoms with E-state index >= 15 is 0 Å². The topological polar surface area (TPSA) is 57.3 Å². The van der Waals surface area contributed by atoms with Crippen molar-refractivity contribution in [3.8, 4) is 0 Å². The van der Waals surface area contributed by atoms with Crippen molar-refractivity contribution >= 4 is 48.1 Å². The van der Waals surface area contributed by atoms with Crippen LogP contribution in [0, 0.1) is 5.92 Å². The van der Waals surface area contributed by atoms with Gasteiger partial charge in [0.1, 0.15) is 5.82 Å². The first kappa shape index (κ1) is 24.1. The molecule has 2 N–H and O–H groups in total. The molecule has 0 radical (unpaired) electrons. The van der Waals surface area contributed by atoms with Crippen molar-refractivity contribution in [3.05, 3.63) is 22.8 Å². The Labute approximate surface area is 173 Å². The average Bonchev–Trinajstić information content (AvgIpc) is 3.03. The molecule has 5 nitrogen and oxygen atoms in total. The molecule has 3 heterocycles. The normalized spacial score (nSPS) is 22.6. The second kappa shape index (κ2) is 10.0. The Hall–Kier alpha value is -0.960. The van der Waals surface area contributed by atoms with Crippen molar-refractivity contribution in [2.45, 2.75) is 31.5 Å². The second-order valence-electron chi connectivity index (χ2n) is 6.51. The minimum atomic E-state index is -4.47. The first-order valence-electron chi connectivity index (χ1n) is 8.33. The van der Waals surface area contributed by atoms with Crippen LogP contribution in [0.3, 0.4) is 0 Å². The molecule has 0 saturated carbocycles. The highest BCUT2D eigenvalue weighted by Crippen LogP contribution is 2.34. The number of halogens is 6. The lowest BCUT2D eigenvalue weighted by Gasteiger charge is -2.24. The number of alkyl halides is 3. The van der Waals surface area contributed by atoms with E-state index in [0.29, 0.717) is 31.9 Å². The van der Waals surface area contributed by atoms with E-state index in [-0.39, 0.29) is 47.7 Å². The molecule has 2 atom stereocenters. The van der Waals surface area contributed by atoms with E-state index in [2.05, 4.69) is 15.6 Å². The Kier molecular flexibility index (Phi) is 8.92. The van der Waals surface area contributed by atoms with Crippen LogP contribution in [0.2, 0.25) is 5.02 Å². The van der Waals surface area contributed by atoms with Crippen LogP contribution < -0.4 is 15.5 Å². The number of carbonyl (C=O) groups is 1. The first-order chi connectivity index (χ1) is 11.8. The van der Waals surface area contributed by atoms with Crippen LogP contribution >= 0.6 is 36.4 Å². The number of pyridine rings is 1. The number of nitrogens with zero attached hydrogens (tertiary/aromatic N) is 2. The summed E-state index contributed by atoms with van der Waals surface area (Å²) in [7, 11) is 0. The van der Waals surface area contributed by atoms with E-state index in [9.17, 15) is 18.0 Å². The van der Waals surface area contributed by atoms with E-state index in [4.69, 9.17) is 11.6 Å². The highest BCUT2D eigenvalue weighted by Gasteiger charge is 2.33. The lowest BCUT2D eigenvalue weighted by atomic mass is 9.98. The van der Waals surface area contributed by atoms with Gasteiger partial charge in [0.2, 0.25) is 5.91 Å². The molecular formula is C16H22Cl3F3N4O. The van der Waals surface area contributed by atoms with Crippen LogP contribution in [-0.2, 0) is 11.0 Å². The van der Waals surface area contributed by atoms with Gasteiger partial charge in [0.25, 0.3) is 0 Å². The molecule has 0 aliphatic carbocycles. The van der Waals surface area contributed by atoms with Gasteiger partial charge in [-0.25, -0.2) is 4.98 Å². The van der Waals surface area contributed by atoms with Gasteiger partial charge in [-0.2, -0.15) is 13.2 Å². The molecular weight excluding hydrogens is 428 g/mol. The molecule has 1 aromatic heterocycles. The van der Waals surface area contributed by atoms with Gasteiger partial charge in [0.15, 0.2) is 0 Å². The maximum absolute atomic E-state index is 12.7. The van der Waals surface area contributed by atoms with Crippen molar-refractivity contribution < 1.29 is 18.0 Å².